The molecule has 0 aromatic heterocycles. The molecule has 1 amide bonds. The third-order valence-electron chi connectivity index (χ3n) is 2.67. The van der Waals surface area contributed by atoms with Crippen molar-refractivity contribution in [2.45, 2.75) is 19.4 Å². The molecule has 96 valence electrons. The lowest BCUT2D eigenvalue weighted by Gasteiger charge is -2.13. The standard InChI is InChI=1S/C13H15NO3S/c1-2-17-11-6-4-3-5-9(11)12(15)14-10-7-8-18-13(10)16/h3-6,10H,2,7-8H2,1H3,(H,14,15)/t10-/m0/s1. The van der Waals surface area contributed by atoms with E-state index in [4.69, 9.17) is 4.74 Å². The number of benzene rings is 1. The molecule has 1 aliphatic rings. The Morgan fingerprint density at radius 3 is 2.94 bits per heavy atom. The second-order valence-corrected chi connectivity index (χ2v) is 5.01. The van der Waals surface area contributed by atoms with Gasteiger partial charge in [-0.3, -0.25) is 9.59 Å². The van der Waals surface area contributed by atoms with Crippen molar-refractivity contribution in [3.8, 4) is 5.75 Å². The molecule has 5 heteroatoms. The average Bonchev–Trinajstić information content (AvgIpc) is 2.76. The third-order valence-corrected chi connectivity index (χ3v) is 3.68. The molecule has 1 saturated heterocycles. The van der Waals surface area contributed by atoms with E-state index >= 15 is 0 Å². The normalized spacial score (nSPS) is 18.7. The molecule has 18 heavy (non-hydrogen) atoms. The number of hydrogen-bond acceptors (Lipinski definition) is 4. The molecule has 2 rings (SSSR count). The molecule has 0 bridgehead atoms. The van der Waals surface area contributed by atoms with Crippen LogP contribution in [0.3, 0.4) is 0 Å². The van der Waals surface area contributed by atoms with Crippen LogP contribution in [0.1, 0.15) is 23.7 Å². The SMILES string of the molecule is CCOc1ccccc1C(=O)N[C@H]1CCSC1=O. The van der Waals surface area contributed by atoms with Gasteiger partial charge in [0.15, 0.2) is 0 Å². The molecule has 1 heterocycles. The summed E-state index contributed by atoms with van der Waals surface area (Å²) < 4.78 is 5.40. The van der Waals surface area contributed by atoms with Crippen LogP contribution in [0.15, 0.2) is 24.3 Å². The van der Waals surface area contributed by atoms with Crippen molar-refractivity contribution in [1.82, 2.24) is 5.32 Å². The first-order chi connectivity index (χ1) is 8.72. The van der Waals surface area contributed by atoms with E-state index in [0.717, 1.165) is 5.75 Å². The highest BCUT2D eigenvalue weighted by molar-refractivity contribution is 8.14. The Morgan fingerprint density at radius 2 is 2.28 bits per heavy atom. The van der Waals surface area contributed by atoms with E-state index in [1.807, 2.05) is 13.0 Å². The monoisotopic (exact) mass is 265 g/mol. The van der Waals surface area contributed by atoms with Crippen LogP contribution in [0.4, 0.5) is 0 Å². The van der Waals surface area contributed by atoms with Crippen LogP contribution in [0.2, 0.25) is 0 Å². The Kier molecular flexibility index (Phi) is 4.25. The molecule has 4 nitrogen and oxygen atoms in total. The molecule has 0 saturated carbocycles. The fraction of sp³-hybridized carbons (Fsp3) is 0.385. The zero-order valence-corrected chi connectivity index (χ0v) is 11.0. The largest absolute Gasteiger partial charge is 0.493 e. The first-order valence-electron chi connectivity index (χ1n) is 5.91. The van der Waals surface area contributed by atoms with Gasteiger partial charge in [0.2, 0.25) is 5.12 Å². The van der Waals surface area contributed by atoms with Crippen LogP contribution in [0, 0.1) is 0 Å². The Balaban J connectivity index is 2.10. The lowest BCUT2D eigenvalue weighted by Crippen LogP contribution is -2.37. The lowest BCUT2D eigenvalue weighted by molar-refractivity contribution is -0.112. The number of carbonyl (C=O) groups excluding carboxylic acids is 2. The van der Waals surface area contributed by atoms with Crippen molar-refractivity contribution in [2.24, 2.45) is 0 Å². The van der Waals surface area contributed by atoms with Crippen molar-refractivity contribution in [3.63, 3.8) is 0 Å². The van der Waals surface area contributed by atoms with Crippen molar-refractivity contribution in [3.05, 3.63) is 29.8 Å². The van der Waals surface area contributed by atoms with Crippen molar-refractivity contribution in [1.29, 1.82) is 0 Å². The number of thioether (sulfide) groups is 1. The molecule has 1 atom stereocenters. The fourth-order valence-electron chi connectivity index (χ4n) is 1.80. The van der Waals surface area contributed by atoms with Crippen LogP contribution < -0.4 is 10.1 Å². The topological polar surface area (TPSA) is 55.4 Å². The lowest BCUT2D eigenvalue weighted by atomic mass is 10.1. The van der Waals surface area contributed by atoms with Gasteiger partial charge in [0.1, 0.15) is 5.75 Å². The van der Waals surface area contributed by atoms with Crippen LogP contribution in [0.5, 0.6) is 5.75 Å². The first-order valence-corrected chi connectivity index (χ1v) is 6.90. The zero-order chi connectivity index (χ0) is 13.0. The Bertz CT molecular complexity index is 461. The summed E-state index contributed by atoms with van der Waals surface area (Å²) in [6, 6.07) is 6.69. The summed E-state index contributed by atoms with van der Waals surface area (Å²) in [7, 11) is 0. The summed E-state index contributed by atoms with van der Waals surface area (Å²) in [5.41, 5.74) is 0.476. The minimum Gasteiger partial charge on any atom is -0.493 e. The maximum atomic E-state index is 12.1. The minimum absolute atomic E-state index is 0.0391. The predicted octanol–water partition coefficient (Wildman–Crippen LogP) is 1.85. The van der Waals surface area contributed by atoms with E-state index < -0.39 is 0 Å². The quantitative estimate of drug-likeness (QED) is 0.902. The Morgan fingerprint density at radius 1 is 1.50 bits per heavy atom. The third kappa shape index (κ3) is 2.85. The molecule has 1 fully saturated rings. The maximum Gasteiger partial charge on any atom is 0.255 e. The number of nitrogens with one attached hydrogen (secondary N) is 1. The van der Waals surface area contributed by atoms with Crippen LogP contribution in [-0.4, -0.2) is 29.4 Å². The molecule has 1 aliphatic heterocycles. The molecule has 0 unspecified atom stereocenters. The number of amides is 1. The number of hydrogen-bond donors (Lipinski definition) is 1. The van der Waals surface area contributed by atoms with Gasteiger partial charge in [-0.05, 0) is 25.5 Å². The number of carbonyl (C=O) groups is 2. The number of ether oxygens (including phenoxy) is 1. The van der Waals surface area contributed by atoms with E-state index in [2.05, 4.69) is 5.32 Å². The molecule has 0 spiro atoms. The van der Waals surface area contributed by atoms with E-state index in [9.17, 15) is 9.59 Å². The van der Waals surface area contributed by atoms with Gasteiger partial charge >= 0.3 is 0 Å². The highest BCUT2D eigenvalue weighted by Gasteiger charge is 2.27. The summed E-state index contributed by atoms with van der Waals surface area (Å²) in [6.45, 7) is 2.37. The second-order valence-electron chi connectivity index (χ2n) is 3.91. The summed E-state index contributed by atoms with van der Waals surface area (Å²) >= 11 is 1.27. The van der Waals surface area contributed by atoms with E-state index in [0.29, 0.717) is 24.3 Å². The molecular formula is C13H15NO3S. The number of para-hydroxylation sites is 1. The van der Waals surface area contributed by atoms with Gasteiger partial charge in [0, 0.05) is 5.75 Å². The molecule has 0 radical (unpaired) electrons. The highest BCUT2D eigenvalue weighted by Crippen LogP contribution is 2.22. The second kappa shape index (κ2) is 5.91. The van der Waals surface area contributed by atoms with Gasteiger partial charge in [0.25, 0.3) is 5.91 Å². The summed E-state index contributed by atoms with van der Waals surface area (Å²) in [5.74, 6) is 1.08. The average molecular weight is 265 g/mol. The van der Waals surface area contributed by atoms with Crippen LogP contribution in [-0.2, 0) is 4.79 Å². The van der Waals surface area contributed by atoms with Gasteiger partial charge in [-0.1, -0.05) is 23.9 Å². The van der Waals surface area contributed by atoms with Gasteiger partial charge in [-0.2, -0.15) is 0 Å². The Hall–Kier alpha value is -1.49. The van der Waals surface area contributed by atoms with E-state index in [1.165, 1.54) is 11.8 Å². The van der Waals surface area contributed by atoms with Crippen LogP contribution >= 0.6 is 11.8 Å². The maximum absolute atomic E-state index is 12.1. The fourth-order valence-corrected chi connectivity index (χ4v) is 2.73. The summed E-state index contributed by atoms with van der Waals surface area (Å²) in [4.78, 5) is 23.6. The summed E-state index contributed by atoms with van der Waals surface area (Å²) in [6.07, 6.45) is 0.700. The van der Waals surface area contributed by atoms with Crippen molar-refractivity contribution in [2.75, 3.05) is 12.4 Å². The zero-order valence-electron chi connectivity index (χ0n) is 10.1. The van der Waals surface area contributed by atoms with Gasteiger partial charge in [-0.15, -0.1) is 0 Å². The molecule has 1 N–H and O–H groups in total. The van der Waals surface area contributed by atoms with Crippen molar-refractivity contribution >= 4 is 22.8 Å². The number of rotatable bonds is 4. The van der Waals surface area contributed by atoms with Gasteiger partial charge in [-0.25, -0.2) is 0 Å². The highest BCUT2D eigenvalue weighted by atomic mass is 32.2. The van der Waals surface area contributed by atoms with E-state index in [-0.39, 0.29) is 17.1 Å². The molecule has 1 aromatic rings. The summed E-state index contributed by atoms with van der Waals surface area (Å²) in [5, 5.41) is 2.79. The molecule has 0 aliphatic carbocycles. The van der Waals surface area contributed by atoms with E-state index in [1.54, 1.807) is 18.2 Å². The molecular weight excluding hydrogens is 250 g/mol. The predicted molar refractivity (Wildman–Crippen MR) is 70.9 cm³/mol. The first kappa shape index (κ1) is 13.0. The Labute approximate surface area is 110 Å². The minimum atomic E-state index is -0.364. The van der Waals surface area contributed by atoms with Crippen LogP contribution in [0.25, 0.3) is 0 Å². The van der Waals surface area contributed by atoms with Crippen molar-refractivity contribution < 1.29 is 14.3 Å². The van der Waals surface area contributed by atoms with Gasteiger partial charge < -0.3 is 10.1 Å². The molecule has 1 aromatic carbocycles. The van der Waals surface area contributed by atoms with Gasteiger partial charge in [0.05, 0.1) is 18.2 Å². The smallest absolute Gasteiger partial charge is 0.255 e.